The molecule has 0 aliphatic heterocycles. The van der Waals surface area contributed by atoms with E-state index in [9.17, 15) is 18.0 Å². The van der Waals surface area contributed by atoms with Crippen LogP contribution in [0.1, 0.15) is 16.8 Å². The van der Waals surface area contributed by atoms with E-state index in [1.54, 1.807) is 6.07 Å². The van der Waals surface area contributed by atoms with Gasteiger partial charge >= 0.3 is 6.18 Å². The molecule has 2 heterocycles. The average molecular weight is 280 g/mol. The summed E-state index contributed by atoms with van der Waals surface area (Å²) < 4.78 is 39.1. The molecule has 0 unspecified atom stereocenters. The first-order valence-electron chi connectivity index (χ1n) is 6.00. The molecule has 0 bridgehead atoms. The van der Waals surface area contributed by atoms with Gasteiger partial charge in [0.15, 0.2) is 0 Å². The minimum Gasteiger partial charge on any atom is -0.358 e. The maximum Gasteiger partial charge on any atom is 0.417 e. The summed E-state index contributed by atoms with van der Waals surface area (Å²) in [6.45, 7) is 3.74. The van der Waals surface area contributed by atoms with Crippen molar-refractivity contribution in [1.82, 2.24) is 9.97 Å². The van der Waals surface area contributed by atoms with E-state index < -0.39 is 17.3 Å². The van der Waals surface area contributed by atoms with Gasteiger partial charge in [0.1, 0.15) is 0 Å². The lowest BCUT2D eigenvalue weighted by molar-refractivity contribution is -0.136. The Labute approximate surface area is 111 Å². The molecule has 2 N–H and O–H groups in total. The Hall–Kier alpha value is -2.24. The van der Waals surface area contributed by atoms with Crippen molar-refractivity contribution in [3.63, 3.8) is 0 Å². The van der Waals surface area contributed by atoms with Crippen LogP contribution in [0.5, 0.6) is 0 Å². The highest BCUT2D eigenvalue weighted by Crippen LogP contribution is 2.35. The fraction of sp³-hybridized carbons (Fsp3) is 0.214. The van der Waals surface area contributed by atoms with Crippen molar-refractivity contribution in [3.05, 3.63) is 45.4 Å². The summed E-state index contributed by atoms with van der Waals surface area (Å²) in [4.78, 5) is 16.9. The third-order valence-electron chi connectivity index (χ3n) is 3.58. The summed E-state index contributed by atoms with van der Waals surface area (Å²) >= 11 is 0. The minimum atomic E-state index is -4.56. The van der Waals surface area contributed by atoms with Crippen LogP contribution in [-0.2, 0) is 6.18 Å². The average Bonchev–Trinajstić information content (AvgIpc) is 2.61. The Bertz CT molecular complexity index is 887. The maximum atomic E-state index is 13.0. The number of hydrogen-bond acceptors (Lipinski definition) is 1. The predicted molar refractivity (Wildman–Crippen MR) is 70.9 cm³/mol. The summed E-state index contributed by atoms with van der Waals surface area (Å²) in [5.74, 6) is 0. The number of H-pyrrole nitrogens is 2. The van der Waals surface area contributed by atoms with Crippen molar-refractivity contribution >= 4 is 21.8 Å². The van der Waals surface area contributed by atoms with Gasteiger partial charge in [0.05, 0.1) is 5.56 Å². The van der Waals surface area contributed by atoms with Crippen molar-refractivity contribution in [3.8, 4) is 0 Å². The summed E-state index contributed by atoms with van der Waals surface area (Å²) in [7, 11) is 0. The molecule has 0 atom stereocenters. The van der Waals surface area contributed by atoms with Gasteiger partial charge in [-0.15, -0.1) is 0 Å². The van der Waals surface area contributed by atoms with Crippen molar-refractivity contribution in [2.75, 3.05) is 0 Å². The van der Waals surface area contributed by atoms with Crippen molar-refractivity contribution in [2.24, 2.45) is 0 Å². The molecule has 0 saturated carbocycles. The topological polar surface area (TPSA) is 48.6 Å². The number of halogens is 3. The molecule has 3 rings (SSSR count). The molecule has 0 fully saturated rings. The van der Waals surface area contributed by atoms with Crippen LogP contribution in [0.25, 0.3) is 21.8 Å². The van der Waals surface area contributed by atoms with Crippen LogP contribution in [0.3, 0.4) is 0 Å². The lowest BCUT2D eigenvalue weighted by Gasteiger charge is -2.10. The first kappa shape index (κ1) is 12.8. The number of alkyl halides is 3. The molecular weight excluding hydrogens is 269 g/mol. The van der Waals surface area contributed by atoms with Gasteiger partial charge in [0.25, 0.3) is 0 Å². The highest BCUT2D eigenvalue weighted by atomic mass is 19.4. The second kappa shape index (κ2) is 3.88. The Morgan fingerprint density at radius 1 is 0.950 bits per heavy atom. The monoisotopic (exact) mass is 280 g/mol. The van der Waals surface area contributed by atoms with Crippen LogP contribution < -0.4 is 5.56 Å². The van der Waals surface area contributed by atoms with E-state index in [4.69, 9.17) is 0 Å². The fourth-order valence-electron chi connectivity index (χ4n) is 2.45. The third-order valence-corrected chi connectivity index (χ3v) is 3.58. The van der Waals surface area contributed by atoms with Gasteiger partial charge in [-0.3, -0.25) is 4.79 Å². The number of aromatic nitrogens is 2. The largest absolute Gasteiger partial charge is 0.417 e. The molecule has 20 heavy (non-hydrogen) atoms. The molecule has 104 valence electrons. The van der Waals surface area contributed by atoms with Crippen LogP contribution in [0.2, 0.25) is 0 Å². The SMILES string of the molecule is Cc1[nH]c2cc3c(C(F)(F)F)cc(=O)[nH]c3cc2c1C. The summed E-state index contributed by atoms with van der Waals surface area (Å²) in [5.41, 5.74) is 1.01. The molecule has 2 aromatic heterocycles. The molecule has 3 nitrogen and oxygen atoms in total. The second-order valence-electron chi connectivity index (χ2n) is 4.86. The van der Waals surface area contributed by atoms with Crippen LogP contribution in [0.15, 0.2) is 23.0 Å². The highest BCUT2D eigenvalue weighted by Gasteiger charge is 2.33. The molecule has 0 spiro atoms. The number of fused-ring (bicyclic) bond motifs is 2. The number of aryl methyl sites for hydroxylation is 2. The first-order chi connectivity index (χ1) is 9.27. The highest BCUT2D eigenvalue weighted by molar-refractivity contribution is 5.98. The summed E-state index contributed by atoms with van der Waals surface area (Å²) in [6.07, 6.45) is -4.56. The normalized spacial score (nSPS) is 12.4. The van der Waals surface area contributed by atoms with Gasteiger partial charge in [-0.05, 0) is 31.5 Å². The number of hydrogen-bond donors (Lipinski definition) is 2. The minimum absolute atomic E-state index is 0.00847. The number of pyridine rings is 1. The Morgan fingerprint density at radius 2 is 1.55 bits per heavy atom. The molecule has 0 saturated heterocycles. The number of rotatable bonds is 0. The van der Waals surface area contributed by atoms with Gasteiger partial charge in [-0.25, -0.2) is 0 Å². The van der Waals surface area contributed by atoms with Crippen molar-refractivity contribution in [1.29, 1.82) is 0 Å². The Kier molecular flexibility index (Phi) is 2.48. The Morgan fingerprint density at radius 3 is 2.20 bits per heavy atom. The van der Waals surface area contributed by atoms with E-state index in [-0.39, 0.29) is 10.9 Å². The van der Waals surface area contributed by atoms with Crippen LogP contribution in [-0.4, -0.2) is 9.97 Å². The molecule has 3 aromatic rings. The fourth-order valence-corrected chi connectivity index (χ4v) is 2.45. The third kappa shape index (κ3) is 1.79. The van der Waals surface area contributed by atoms with Crippen LogP contribution >= 0.6 is 0 Å². The van der Waals surface area contributed by atoms with Gasteiger partial charge in [0.2, 0.25) is 5.56 Å². The van der Waals surface area contributed by atoms with Gasteiger partial charge < -0.3 is 9.97 Å². The first-order valence-corrected chi connectivity index (χ1v) is 6.00. The van der Waals surface area contributed by atoms with E-state index >= 15 is 0 Å². The van der Waals surface area contributed by atoms with Gasteiger partial charge in [-0.1, -0.05) is 0 Å². The van der Waals surface area contributed by atoms with Gasteiger partial charge in [-0.2, -0.15) is 13.2 Å². The van der Waals surface area contributed by atoms with E-state index in [1.165, 1.54) is 6.07 Å². The molecule has 1 aromatic carbocycles. The lowest BCUT2D eigenvalue weighted by Crippen LogP contribution is -2.13. The zero-order chi connectivity index (χ0) is 14.7. The van der Waals surface area contributed by atoms with E-state index in [2.05, 4.69) is 9.97 Å². The quantitative estimate of drug-likeness (QED) is 0.649. The number of nitrogens with one attached hydrogen (secondary N) is 2. The van der Waals surface area contributed by atoms with Crippen molar-refractivity contribution < 1.29 is 13.2 Å². The lowest BCUT2D eigenvalue weighted by atomic mass is 10.1. The molecule has 0 radical (unpaired) electrons. The molecule has 0 aliphatic rings. The van der Waals surface area contributed by atoms with Gasteiger partial charge in [0, 0.05) is 33.6 Å². The molecule has 0 amide bonds. The summed E-state index contributed by atoms with van der Waals surface area (Å²) in [5, 5.41) is 0.802. The predicted octanol–water partition coefficient (Wildman–Crippen LogP) is 3.65. The van der Waals surface area contributed by atoms with E-state index in [0.29, 0.717) is 11.6 Å². The van der Waals surface area contributed by atoms with E-state index in [0.717, 1.165) is 16.6 Å². The Balaban J connectivity index is 2.51. The smallest absolute Gasteiger partial charge is 0.358 e. The van der Waals surface area contributed by atoms with Crippen LogP contribution in [0, 0.1) is 13.8 Å². The zero-order valence-corrected chi connectivity index (χ0v) is 10.8. The summed E-state index contributed by atoms with van der Waals surface area (Å²) in [6, 6.07) is 3.61. The van der Waals surface area contributed by atoms with Crippen LogP contribution in [0.4, 0.5) is 13.2 Å². The number of benzene rings is 1. The standard InChI is InChI=1S/C14H11F3N2O/c1-6-7(2)18-11-4-9-10(14(15,16)17)5-13(20)19-12(9)3-8(6)11/h3-5,18H,1-2H3,(H,19,20). The maximum absolute atomic E-state index is 13.0. The van der Waals surface area contributed by atoms with Crippen molar-refractivity contribution in [2.45, 2.75) is 20.0 Å². The molecular formula is C14H11F3N2O. The zero-order valence-electron chi connectivity index (χ0n) is 10.8. The second-order valence-corrected chi connectivity index (χ2v) is 4.86. The number of aromatic amines is 2. The molecule has 0 aliphatic carbocycles. The molecule has 6 heteroatoms. The van der Waals surface area contributed by atoms with E-state index in [1.807, 2.05) is 13.8 Å².